The Labute approximate surface area is 197 Å². The van der Waals surface area contributed by atoms with E-state index in [1.807, 2.05) is 22.8 Å². The van der Waals surface area contributed by atoms with E-state index in [1.54, 1.807) is 14.2 Å². The molecule has 0 saturated carbocycles. The van der Waals surface area contributed by atoms with Crippen LogP contribution < -0.4 is 9.54 Å². The van der Waals surface area contributed by atoms with Gasteiger partial charge in [0.15, 0.2) is 4.80 Å². The van der Waals surface area contributed by atoms with Crippen molar-refractivity contribution in [2.45, 2.75) is 30.7 Å². The van der Waals surface area contributed by atoms with Crippen LogP contribution >= 0.6 is 11.3 Å². The zero-order chi connectivity index (χ0) is 23.4. The third-order valence-corrected chi connectivity index (χ3v) is 8.61. The second-order valence-electron chi connectivity index (χ2n) is 7.77. The standard InChI is InChI=1S/C23H27N3O5S2/c1-30-15-14-26-20-11-8-18(31-2)16-21(20)32-23(26)24-22(27)17-6-9-19(10-7-17)33(28,29)25-12-4-3-5-13-25/h6-11,16H,3-5,12-15H2,1-2H3. The predicted octanol–water partition coefficient (Wildman–Crippen LogP) is 3.27. The molecule has 1 fully saturated rings. The van der Waals surface area contributed by atoms with Crippen molar-refractivity contribution < 1.29 is 22.7 Å². The lowest BCUT2D eigenvalue weighted by molar-refractivity contribution is 0.0997. The van der Waals surface area contributed by atoms with Crippen LogP contribution in [0, 0.1) is 0 Å². The molecule has 176 valence electrons. The fraction of sp³-hybridized carbons (Fsp3) is 0.391. The van der Waals surface area contributed by atoms with Gasteiger partial charge in [-0.05, 0) is 55.3 Å². The average molecular weight is 490 g/mol. The summed E-state index contributed by atoms with van der Waals surface area (Å²) in [7, 11) is -0.307. The lowest BCUT2D eigenvalue weighted by Crippen LogP contribution is -2.35. The summed E-state index contributed by atoms with van der Waals surface area (Å²) in [5, 5.41) is 0. The molecule has 10 heteroatoms. The highest BCUT2D eigenvalue weighted by Crippen LogP contribution is 2.24. The van der Waals surface area contributed by atoms with Crippen LogP contribution in [0.4, 0.5) is 0 Å². The van der Waals surface area contributed by atoms with E-state index in [2.05, 4.69) is 4.99 Å². The number of piperidine rings is 1. The Bertz CT molecular complexity index is 1300. The molecule has 0 N–H and O–H groups in total. The van der Waals surface area contributed by atoms with Crippen molar-refractivity contribution in [3.63, 3.8) is 0 Å². The van der Waals surface area contributed by atoms with E-state index in [1.165, 1.54) is 39.9 Å². The van der Waals surface area contributed by atoms with Crippen molar-refractivity contribution in [3.8, 4) is 5.75 Å². The number of sulfonamides is 1. The summed E-state index contributed by atoms with van der Waals surface area (Å²) in [6.45, 7) is 2.09. The Morgan fingerprint density at radius 3 is 2.45 bits per heavy atom. The molecule has 1 amide bonds. The maximum absolute atomic E-state index is 12.9. The predicted molar refractivity (Wildman–Crippen MR) is 127 cm³/mol. The fourth-order valence-corrected chi connectivity index (χ4v) is 6.44. The molecule has 1 aliphatic rings. The van der Waals surface area contributed by atoms with Gasteiger partial charge in [-0.3, -0.25) is 4.79 Å². The zero-order valence-corrected chi connectivity index (χ0v) is 20.3. The number of aromatic nitrogens is 1. The molecule has 33 heavy (non-hydrogen) atoms. The van der Waals surface area contributed by atoms with Crippen molar-refractivity contribution in [2.75, 3.05) is 33.9 Å². The summed E-state index contributed by atoms with van der Waals surface area (Å²) < 4.78 is 40.6. The van der Waals surface area contributed by atoms with E-state index < -0.39 is 15.9 Å². The topological polar surface area (TPSA) is 90.2 Å². The van der Waals surface area contributed by atoms with Crippen molar-refractivity contribution in [3.05, 3.63) is 52.8 Å². The van der Waals surface area contributed by atoms with E-state index in [4.69, 9.17) is 9.47 Å². The first-order chi connectivity index (χ1) is 15.9. The van der Waals surface area contributed by atoms with Gasteiger partial charge in [-0.25, -0.2) is 8.42 Å². The van der Waals surface area contributed by atoms with Crippen LogP contribution in [0.3, 0.4) is 0 Å². The molecule has 1 aliphatic heterocycles. The molecule has 0 unspecified atom stereocenters. The normalized spacial score (nSPS) is 15.8. The SMILES string of the molecule is COCCn1c(=NC(=O)c2ccc(S(=O)(=O)N3CCCCC3)cc2)sc2cc(OC)ccc21. The molecule has 2 heterocycles. The van der Waals surface area contributed by atoms with E-state index in [0.717, 1.165) is 35.2 Å². The summed E-state index contributed by atoms with van der Waals surface area (Å²) in [5.74, 6) is 0.299. The Morgan fingerprint density at radius 2 is 1.79 bits per heavy atom. The number of nitrogens with zero attached hydrogens (tertiary/aromatic N) is 3. The number of fused-ring (bicyclic) bond motifs is 1. The Kier molecular flexibility index (Phi) is 7.28. The minimum atomic E-state index is -3.54. The summed E-state index contributed by atoms with van der Waals surface area (Å²) in [6, 6.07) is 11.7. The molecule has 0 bridgehead atoms. The van der Waals surface area contributed by atoms with E-state index in [-0.39, 0.29) is 4.90 Å². The largest absolute Gasteiger partial charge is 0.497 e. The minimum Gasteiger partial charge on any atom is -0.497 e. The first-order valence-corrected chi connectivity index (χ1v) is 13.1. The number of amides is 1. The quantitative estimate of drug-likeness (QED) is 0.508. The Morgan fingerprint density at radius 1 is 1.06 bits per heavy atom. The van der Waals surface area contributed by atoms with Crippen molar-refractivity contribution in [1.29, 1.82) is 0 Å². The van der Waals surface area contributed by atoms with Gasteiger partial charge in [0.25, 0.3) is 5.91 Å². The first-order valence-electron chi connectivity index (χ1n) is 10.8. The Hall–Kier alpha value is -2.53. The van der Waals surface area contributed by atoms with Gasteiger partial charge >= 0.3 is 0 Å². The van der Waals surface area contributed by atoms with Gasteiger partial charge in [-0.2, -0.15) is 9.30 Å². The van der Waals surface area contributed by atoms with Crippen LogP contribution in [0.15, 0.2) is 52.4 Å². The highest BCUT2D eigenvalue weighted by molar-refractivity contribution is 7.89. The highest BCUT2D eigenvalue weighted by atomic mass is 32.2. The van der Waals surface area contributed by atoms with Crippen molar-refractivity contribution >= 4 is 37.5 Å². The number of hydrogen-bond donors (Lipinski definition) is 0. The van der Waals surface area contributed by atoms with E-state index in [0.29, 0.717) is 36.6 Å². The van der Waals surface area contributed by atoms with E-state index in [9.17, 15) is 13.2 Å². The monoisotopic (exact) mass is 489 g/mol. The molecule has 0 aliphatic carbocycles. The van der Waals surface area contributed by atoms with Crippen molar-refractivity contribution in [1.82, 2.24) is 8.87 Å². The van der Waals surface area contributed by atoms with Gasteiger partial charge in [-0.1, -0.05) is 17.8 Å². The second-order valence-corrected chi connectivity index (χ2v) is 10.7. The van der Waals surface area contributed by atoms with Gasteiger partial charge < -0.3 is 14.0 Å². The van der Waals surface area contributed by atoms with Crippen LogP contribution in [-0.4, -0.2) is 57.1 Å². The molecule has 0 radical (unpaired) electrons. The smallest absolute Gasteiger partial charge is 0.279 e. The number of hydrogen-bond acceptors (Lipinski definition) is 6. The third kappa shape index (κ3) is 5.03. The van der Waals surface area contributed by atoms with Crippen molar-refractivity contribution in [2.24, 2.45) is 4.99 Å². The molecule has 1 saturated heterocycles. The van der Waals surface area contributed by atoms with Gasteiger partial charge in [0.2, 0.25) is 10.0 Å². The van der Waals surface area contributed by atoms with Gasteiger partial charge in [0.05, 0.1) is 28.8 Å². The fourth-order valence-electron chi connectivity index (χ4n) is 3.84. The van der Waals surface area contributed by atoms with Gasteiger partial charge in [-0.15, -0.1) is 0 Å². The number of thiazole rings is 1. The molecule has 8 nitrogen and oxygen atoms in total. The number of rotatable bonds is 7. The first kappa shape index (κ1) is 23.6. The minimum absolute atomic E-state index is 0.199. The molecule has 3 aromatic rings. The van der Waals surface area contributed by atoms with Crippen LogP contribution in [0.25, 0.3) is 10.2 Å². The average Bonchev–Trinajstić information content (AvgIpc) is 3.19. The summed E-state index contributed by atoms with van der Waals surface area (Å²) in [4.78, 5) is 18.0. The number of methoxy groups -OCH3 is 2. The van der Waals surface area contributed by atoms with Gasteiger partial charge in [0, 0.05) is 32.3 Å². The Balaban J connectivity index is 1.65. The summed E-state index contributed by atoms with van der Waals surface area (Å²) in [5.41, 5.74) is 1.27. The van der Waals surface area contributed by atoms with Crippen LogP contribution in [-0.2, 0) is 21.3 Å². The maximum atomic E-state index is 12.9. The van der Waals surface area contributed by atoms with Crippen LogP contribution in [0.5, 0.6) is 5.75 Å². The van der Waals surface area contributed by atoms with Crippen LogP contribution in [0.1, 0.15) is 29.6 Å². The zero-order valence-electron chi connectivity index (χ0n) is 18.7. The molecule has 4 rings (SSSR count). The van der Waals surface area contributed by atoms with Gasteiger partial charge in [0.1, 0.15) is 5.75 Å². The number of carbonyl (C=O) groups excluding carboxylic acids is 1. The van der Waals surface area contributed by atoms with Crippen LogP contribution in [0.2, 0.25) is 0 Å². The summed E-state index contributed by atoms with van der Waals surface area (Å²) >= 11 is 1.39. The molecule has 0 spiro atoms. The lowest BCUT2D eigenvalue weighted by atomic mass is 10.2. The molecule has 2 aromatic carbocycles. The maximum Gasteiger partial charge on any atom is 0.279 e. The number of benzene rings is 2. The summed E-state index contributed by atoms with van der Waals surface area (Å²) in [6.07, 6.45) is 2.80. The molecular formula is C23H27N3O5S2. The second kappa shape index (κ2) is 10.2. The molecule has 0 atom stereocenters. The third-order valence-electron chi connectivity index (χ3n) is 5.66. The highest BCUT2D eigenvalue weighted by Gasteiger charge is 2.26. The number of carbonyl (C=O) groups is 1. The van der Waals surface area contributed by atoms with E-state index >= 15 is 0 Å². The number of ether oxygens (including phenoxy) is 2. The molecule has 1 aromatic heterocycles. The molecular weight excluding hydrogens is 462 g/mol. The lowest BCUT2D eigenvalue weighted by Gasteiger charge is -2.25.